The highest BCUT2D eigenvalue weighted by Gasteiger charge is 2.28. The zero-order valence-corrected chi connectivity index (χ0v) is 18.1. The molecule has 162 valence electrons. The van der Waals surface area contributed by atoms with Gasteiger partial charge in [-0.05, 0) is 67.7 Å². The highest BCUT2D eigenvalue weighted by atomic mass is 19.3. The van der Waals surface area contributed by atoms with Gasteiger partial charge in [0.1, 0.15) is 0 Å². The molecule has 2 unspecified atom stereocenters. The third-order valence-electron chi connectivity index (χ3n) is 7.21. The molecule has 2 fully saturated rings. The molecule has 4 rings (SSSR count). The molecule has 2 nitrogen and oxygen atoms in total. The predicted molar refractivity (Wildman–Crippen MR) is 121 cm³/mol. The fourth-order valence-corrected chi connectivity index (χ4v) is 5.19. The number of alkyl halides is 2. The van der Waals surface area contributed by atoms with E-state index < -0.39 is 6.43 Å². The third kappa shape index (κ3) is 4.63. The fraction of sp³-hybridized carbons (Fsp3) is 0.538. The predicted octanol–water partition coefficient (Wildman–Crippen LogP) is 6.38. The molecule has 2 saturated heterocycles. The zero-order valence-electron chi connectivity index (χ0n) is 18.1. The fourth-order valence-electron chi connectivity index (χ4n) is 5.19. The van der Waals surface area contributed by atoms with Crippen molar-refractivity contribution in [1.82, 2.24) is 4.90 Å². The van der Waals surface area contributed by atoms with Crippen LogP contribution in [0.3, 0.4) is 0 Å². The van der Waals surface area contributed by atoms with Gasteiger partial charge in [0.25, 0.3) is 6.43 Å². The number of rotatable bonds is 6. The van der Waals surface area contributed by atoms with Crippen molar-refractivity contribution >= 4 is 5.69 Å². The van der Waals surface area contributed by atoms with Gasteiger partial charge in [0.15, 0.2) is 0 Å². The second-order valence-corrected chi connectivity index (χ2v) is 9.19. The number of allylic oxidation sites excluding steroid dienone is 4. The Hall–Kier alpha value is -2.10. The van der Waals surface area contributed by atoms with Gasteiger partial charge < -0.3 is 9.80 Å². The molecular weight excluding hydrogens is 378 g/mol. The first-order valence-corrected chi connectivity index (χ1v) is 11.5. The molecule has 1 aliphatic carbocycles. The Morgan fingerprint density at radius 1 is 1.07 bits per heavy atom. The maximum absolute atomic E-state index is 13.3. The first-order chi connectivity index (χ1) is 14.5. The number of likely N-dealkylation sites (tertiary alicyclic amines) is 1. The van der Waals surface area contributed by atoms with Crippen LogP contribution in [0.15, 0.2) is 60.3 Å². The van der Waals surface area contributed by atoms with E-state index in [-0.39, 0.29) is 11.5 Å². The van der Waals surface area contributed by atoms with Crippen LogP contribution in [-0.4, -0.2) is 37.5 Å². The molecule has 0 aromatic heterocycles. The van der Waals surface area contributed by atoms with Crippen molar-refractivity contribution in [1.29, 1.82) is 0 Å². The Labute approximate surface area is 179 Å². The Kier molecular flexibility index (Phi) is 6.60. The second kappa shape index (κ2) is 9.36. The van der Waals surface area contributed by atoms with E-state index in [0.717, 1.165) is 50.6 Å². The van der Waals surface area contributed by atoms with Crippen molar-refractivity contribution in [3.63, 3.8) is 0 Å². The quantitative estimate of drug-likeness (QED) is 0.500. The van der Waals surface area contributed by atoms with Crippen LogP contribution in [0.5, 0.6) is 0 Å². The van der Waals surface area contributed by atoms with Gasteiger partial charge in [-0.25, -0.2) is 8.78 Å². The Bertz CT molecular complexity index is 788. The molecule has 0 saturated carbocycles. The van der Waals surface area contributed by atoms with Gasteiger partial charge in [-0.1, -0.05) is 31.2 Å². The number of anilines is 1. The molecule has 1 aromatic rings. The molecule has 2 atom stereocenters. The van der Waals surface area contributed by atoms with Crippen molar-refractivity contribution in [2.45, 2.75) is 51.4 Å². The summed E-state index contributed by atoms with van der Waals surface area (Å²) in [5.74, 6) is 1.21. The number of piperidine rings is 1. The van der Waals surface area contributed by atoms with Crippen LogP contribution in [0.25, 0.3) is 0 Å². The summed E-state index contributed by atoms with van der Waals surface area (Å²) in [7, 11) is 0. The molecule has 0 amide bonds. The molecule has 3 aliphatic rings. The van der Waals surface area contributed by atoms with Crippen LogP contribution >= 0.6 is 0 Å². The van der Waals surface area contributed by atoms with Gasteiger partial charge in [-0.3, -0.25) is 0 Å². The normalized spacial score (nSPS) is 25.5. The van der Waals surface area contributed by atoms with Crippen molar-refractivity contribution in [2.24, 2.45) is 11.8 Å². The second-order valence-electron chi connectivity index (χ2n) is 9.19. The number of halogens is 2. The van der Waals surface area contributed by atoms with Crippen molar-refractivity contribution < 1.29 is 8.78 Å². The number of nitrogens with zero attached hydrogens (tertiary/aromatic N) is 2. The summed E-state index contributed by atoms with van der Waals surface area (Å²) in [6, 6.07) is 9.08. The topological polar surface area (TPSA) is 6.48 Å². The van der Waals surface area contributed by atoms with Gasteiger partial charge in [0, 0.05) is 49.1 Å². The molecule has 0 radical (unpaired) electrons. The van der Waals surface area contributed by atoms with E-state index in [1.807, 2.05) is 13.0 Å². The maximum Gasteiger partial charge on any atom is 0.260 e. The summed E-state index contributed by atoms with van der Waals surface area (Å²) in [6.07, 6.45) is 8.99. The van der Waals surface area contributed by atoms with E-state index in [0.29, 0.717) is 12.3 Å². The highest BCUT2D eigenvalue weighted by Crippen LogP contribution is 2.35. The van der Waals surface area contributed by atoms with Crippen LogP contribution in [0, 0.1) is 11.8 Å². The van der Waals surface area contributed by atoms with E-state index >= 15 is 0 Å². The Morgan fingerprint density at radius 2 is 1.77 bits per heavy atom. The average Bonchev–Trinajstić information content (AvgIpc) is 3.25. The standard InChI is InChI=1S/C26H34F2N2/c1-3-4-20-11-14-29(15-12-20)23-9-6-21(7-10-23)22-13-16-30(18-22)24-8-5-19(2)25(17-24)26(27)28/h3,6-10,17,19-20,22,26H,1,4-5,11-16,18H2,2H3. The van der Waals surface area contributed by atoms with Crippen LogP contribution in [0.4, 0.5) is 14.5 Å². The van der Waals surface area contributed by atoms with Crippen LogP contribution < -0.4 is 4.90 Å². The molecule has 4 heteroatoms. The summed E-state index contributed by atoms with van der Waals surface area (Å²) in [5.41, 5.74) is 3.96. The summed E-state index contributed by atoms with van der Waals surface area (Å²) >= 11 is 0. The Morgan fingerprint density at radius 3 is 2.43 bits per heavy atom. The summed E-state index contributed by atoms with van der Waals surface area (Å²) in [5, 5.41) is 0. The molecule has 1 aromatic carbocycles. The number of benzene rings is 1. The molecule has 0 spiro atoms. The van der Waals surface area contributed by atoms with Gasteiger partial charge >= 0.3 is 0 Å². The molecule has 30 heavy (non-hydrogen) atoms. The minimum absolute atomic E-state index is 0.0541. The largest absolute Gasteiger partial charge is 0.372 e. The minimum Gasteiger partial charge on any atom is -0.372 e. The monoisotopic (exact) mass is 412 g/mol. The SMILES string of the molecule is C=CCC1CCN(c2ccc(C3CCN(C4=CCC(C)C(C(F)F)=C4)C3)cc2)CC1. The minimum atomic E-state index is -2.35. The van der Waals surface area contributed by atoms with E-state index in [1.165, 1.54) is 24.1 Å². The lowest BCUT2D eigenvalue weighted by Gasteiger charge is -2.33. The van der Waals surface area contributed by atoms with Crippen LogP contribution in [0.2, 0.25) is 0 Å². The van der Waals surface area contributed by atoms with Gasteiger partial charge in [0.2, 0.25) is 0 Å². The summed E-state index contributed by atoms with van der Waals surface area (Å²) in [6.45, 7) is 9.87. The lowest BCUT2D eigenvalue weighted by Crippen LogP contribution is -2.33. The molecular formula is C26H34F2N2. The van der Waals surface area contributed by atoms with E-state index in [4.69, 9.17) is 0 Å². The zero-order chi connectivity index (χ0) is 21.1. The summed E-state index contributed by atoms with van der Waals surface area (Å²) in [4.78, 5) is 4.78. The number of hydrogen-bond acceptors (Lipinski definition) is 2. The van der Waals surface area contributed by atoms with E-state index in [1.54, 1.807) is 6.08 Å². The third-order valence-corrected chi connectivity index (χ3v) is 7.21. The van der Waals surface area contributed by atoms with Gasteiger partial charge in [-0.15, -0.1) is 6.58 Å². The maximum atomic E-state index is 13.3. The first kappa shape index (κ1) is 21.1. The highest BCUT2D eigenvalue weighted by molar-refractivity contribution is 5.48. The van der Waals surface area contributed by atoms with Crippen LogP contribution in [-0.2, 0) is 0 Å². The van der Waals surface area contributed by atoms with E-state index in [9.17, 15) is 8.78 Å². The molecule has 0 bridgehead atoms. The number of hydrogen-bond donors (Lipinski definition) is 0. The first-order valence-electron chi connectivity index (χ1n) is 11.5. The lowest BCUT2D eigenvalue weighted by molar-refractivity contribution is 0.174. The molecule has 2 heterocycles. The van der Waals surface area contributed by atoms with Crippen LogP contribution in [0.1, 0.15) is 50.5 Å². The molecule has 2 aliphatic heterocycles. The van der Waals surface area contributed by atoms with Gasteiger partial charge in [0.05, 0.1) is 0 Å². The molecule has 0 N–H and O–H groups in total. The lowest BCUT2D eigenvalue weighted by atomic mass is 9.92. The van der Waals surface area contributed by atoms with Crippen molar-refractivity contribution in [3.05, 3.63) is 65.9 Å². The van der Waals surface area contributed by atoms with Crippen molar-refractivity contribution in [3.8, 4) is 0 Å². The Balaban J connectivity index is 1.35. The van der Waals surface area contributed by atoms with Crippen molar-refractivity contribution in [2.75, 3.05) is 31.1 Å². The average molecular weight is 413 g/mol. The summed E-state index contributed by atoms with van der Waals surface area (Å²) < 4.78 is 26.6. The van der Waals surface area contributed by atoms with E-state index in [2.05, 4.69) is 46.7 Å². The smallest absolute Gasteiger partial charge is 0.260 e. The van der Waals surface area contributed by atoms with Gasteiger partial charge in [-0.2, -0.15) is 0 Å².